The van der Waals surface area contributed by atoms with Crippen LogP contribution in [0.25, 0.3) is 0 Å². The first kappa shape index (κ1) is 15.9. The molecule has 0 spiro atoms. The molecule has 5 nitrogen and oxygen atoms in total. The fourth-order valence-electron chi connectivity index (χ4n) is 2.64. The predicted molar refractivity (Wildman–Crippen MR) is 87.4 cm³/mol. The third-order valence-corrected chi connectivity index (χ3v) is 5.49. The van der Waals surface area contributed by atoms with Crippen molar-refractivity contribution in [3.63, 3.8) is 0 Å². The zero-order valence-electron chi connectivity index (χ0n) is 13.3. The molecule has 1 aromatic heterocycles. The number of hydrogen-bond donors (Lipinski definition) is 0. The Balaban J connectivity index is 1.39. The zero-order valence-corrected chi connectivity index (χ0v) is 14.1. The second-order valence-electron chi connectivity index (χ2n) is 6.38. The molecule has 122 valence electrons. The van der Waals surface area contributed by atoms with Gasteiger partial charge in [0.2, 0.25) is 0 Å². The highest BCUT2D eigenvalue weighted by atomic mass is 32.1. The molecule has 2 fully saturated rings. The van der Waals surface area contributed by atoms with E-state index in [0.29, 0.717) is 11.5 Å². The Morgan fingerprint density at radius 3 is 2.86 bits per heavy atom. The lowest BCUT2D eigenvalue weighted by molar-refractivity contribution is 0.0500. The first-order valence-electron chi connectivity index (χ1n) is 8.23. The molecular formula is C16H25N3O2S. The molecule has 1 aromatic rings. The van der Waals surface area contributed by atoms with Crippen LogP contribution in [0, 0.1) is 5.92 Å². The van der Waals surface area contributed by atoms with Crippen LogP contribution in [-0.4, -0.2) is 67.1 Å². The third-order valence-electron chi connectivity index (χ3n) is 4.45. The number of esters is 1. The van der Waals surface area contributed by atoms with Crippen molar-refractivity contribution in [2.45, 2.75) is 25.7 Å². The second kappa shape index (κ2) is 7.53. The summed E-state index contributed by atoms with van der Waals surface area (Å²) >= 11 is 1.48. The number of rotatable bonds is 7. The Labute approximate surface area is 136 Å². The molecule has 22 heavy (non-hydrogen) atoms. The van der Waals surface area contributed by atoms with Crippen molar-refractivity contribution in [3.8, 4) is 0 Å². The molecule has 1 aliphatic carbocycles. The Morgan fingerprint density at radius 1 is 1.36 bits per heavy atom. The molecule has 0 aromatic carbocycles. The number of likely N-dealkylation sites (N-methyl/N-ethyl adjacent to an activating group) is 1. The number of carbonyl (C=O) groups is 1. The number of carbonyl (C=O) groups excluding carboxylic acids is 1. The predicted octanol–water partition coefficient (Wildman–Crippen LogP) is 1.89. The van der Waals surface area contributed by atoms with E-state index < -0.39 is 0 Å². The molecule has 2 aliphatic rings. The van der Waals surface area contributed by atoms with Crippen LogP contribution in [0.3, 0.4) is 0 Å². The van der Waals surface area contributed by atoms with Crippen LogP contribution in [0.2, 0.25) is 0 Å². The molecule has 2 heterocycles. The van der Waals surface area contributed by atoms with Crippen LogP contribution in [0.15, 0.2) is 6.20 Å². The normalized spacial score (nSPS) is 20.2. The highest BCUT2D eigenvalue weighted by molar-refractivity contribution is 7.13. The molecule has 1 saturated carbocycles. The van der Waals surface area contributed by atoms with Gasteiger partial charge in [-0.1, -0.05) is 12.8 Å². The van der Waals surface area contributed by atoms with E-state index in [2.05, 4.69) is 21.8 Å². The lowest BCUT2D eigenvalue weighted by Gasteiger charge is -2.32. The van der Waals surface area contributed by atoms with E-state index in [-0.39, 0.29) is 5.97 Å². The van der Waals surface area contributed by atoms with Crippen molar-refractivity contribution in [2.75, 3.05) is 46.4 Å². The number of thiazole rings is 1. The summed E-state index contributed by atoms with van der Waals surface area (Å²) in [6.45, 7) is 6.10. The average molecular weight is 323 g/mol. The summed E-state index contributed by atoms with van der Waals surface area (Å²) in [7, 11) is 2.17. The monoisotopic (exact) mass is 323 g/mol. The molecule has 0 unspecified atom stereocenters. The van der Waals surface area contributed by atoms with Crippen molar-refractivity contribution in [1.82, 2.24) is 14.8 Å². The van der Waals surface area contributed by atoms with Gasteiger partial charge >= 0.3 is 5.97 Å². The van der Waals surface area contributed by atoms with Crippen LogP contribution in [0.5, 0.6) is 0 Å². The van der Waals surface area contributed by atoms with Gasteiger partial charge in [0, 0.05) is 39.1 Å². The first-order valence-corrected chi connectivity index (χ1v) is 9.05. The highest BCUT2D eigenvalue weighted by Gasteiger charge is 2.22. The summed E-state index contributed by atoms with van der Waals surface area (Å²) < 4.78 is 5.31. The number of piperazine rings is 1. The third kappa shape index (κ3) is 4.76. The molecule has 0 radical (unpaired) electrons. The summed E-state index contributed by atoms with van der Waals surface area (Å²) in [5.74, 6) is 0.595. The second-order valence-corrected chi connectivity index (χ2v) is 7.50. The molecular weight excluding hydrogens is 298 g/mol. The van der Waals surface area contributed by atoms with Crippen LogP contribution < -0.4 is 0 Å². The molecule has 0 bridgehead atoms. The fraction of sp³-hybridized carbons (Fsp3) is 0.750. The molecule has 3 rings (SSSR count). The van der Waals surface area contributed by atoms with Gasteiger partial charge in [-0.2, -0.15) is 0 Å². The highest BCUT2D eigenvalue weighted by Crippen LogP contribution is 2.32. The molecule has 0 atom stereocenters. The maximum absolute atomic E-state index is 11.9. The molecule has 0 N–H and O–H groups in total. The quantitative estimate of drug-likeness (QED) is 0.717. The number of nitrogens with zero attached hydrogens (tertiary/aromatic N) is 3. The summed E-state index contributed by atoms with van der Waals surface area (Å²) in [5.41, 5.74) is 0. The van der Waals surface area contributed by atoms with Crippen LogP contribution in [0.4, 0.5) is 0 Å². The Bertz CT molecular complexity index is 493. The SMILES string of the molecule is CN1CCN(CCc2ncc(C(=O)OCCC3CC3)s2)CC1. The summed E-state index contributed by atoms with van der Waals surface area (Å²) in [4.78, 5) is 21.8. The minimum Gasteiger partial charge on any atom is -0.461 e. The van der Waals surface area contributed by atoms with Crippen LogP contribution in [-0.2, 0) is 11.2 Å². The van der Waals surface area contributed by atoms with E-state index in [9.17, 15) is 4.79 Å². The maximum atomic E-state index is 11.9. The van der Waals surface area contributed by atoms with E-state index in [0.717, 1.165) is 56.5 Å². The number of hydrogen-bond acceptors (Lipinski definition) is 6. The van der Waals surface area contributed by atoms with E-state index in [1.165, 1.54) is 24.2 Å². The van der Waals surface area contributed by atoms with Gasteiger partial charge in [0.25, 0.3) is 0 Å². The van der Waals surface area contributed by atoms with Crippen molar-refractivity contribution in [3.05, 3.63) is 16.1 Å². The number of ether oxygens (including phenoxy) is 1. The van der Waals surface area contributed by atoms with Crippen molar-refractivity contribution in [2.24, 2.45) is 5.92 Å². The molecule has 6 heteroatoms. The van der Waals surface area contributed by atoms with E-state index in [1.807, 2.05) is 0 Å². The number of aromatic nitrogens is 1. The smallest absolute Gasteiger partial charge is 0.349 e. The first-order chi connectivity index (χ1) is 10.7. The topological polar surface area (TPSA) is 45.7 Å². The van der Waals surface area contributed by atoms with Gasteiger partial charge < -0.3 is 14.5 Å². The van der Waals surface area contributed by atoms with Gasteiger partial charge in [-0.3, -0.25) is 0 Å². The lowest BCUT2D eigenvalue weighted by Crippen LogP contribution is -2.45. The standard InChI is InChI=1S/C16H25N3O2S/c1-18-7-9-19(10-8-18)6-4-15-17-12-14(22-15)16(20)21-11-5-13-2-3-13/h12-13H,2-11H2,1H3. The van der Waals surface area contributed by atoms with Crippen molar-refractivity contribution < 1.29 is 9.53 Å². The van der Waals surface area contributed by atoms with Crippen LogP contribution >= 0.6 is 11.3 Å². The van der Waals surface area contributed by atoms with E-state index in [4.69, 9.17) is 4.74 Å². The van der Waals surface area contributed by atoms with Gasteiger partial charge in [-0.05, 0) is 19.4 Å². The molecule has 0 amide bonds. The van der Waals surface area contributed by atoms with Gasteiger partial charge in [0.1, 0.15) is 4.88 Å². The molecule has 1 saturated heterocycles. The largest absolute Gasteiger partial charge is 0.461 e. The summed E-state index contributed by atoms with van der Waals surface area (Å²) in [5, 5.41) is 1.04. The lowest BCUT2D eigenvalue weighted by atomic mass is 10.3. The minimum absolute atomic E-state index is 0.205. The summed E-state index contributed by atoms with van der Waals surface area (Å²) in [6.07, 6.45) is 6.21. The van der Waals surface area contributed by atoms with Crippen molar-refractivity contribution >= 4 is 17.3 Å². The minimum atomic E-state index is -0.205. The summed E-state index contributed by atoms with van der Waals surface area (Å²) in [6, 6.07) is 0. The van der Waals surface area contributed by atoms with Gasteiger partial charge in [-0.15, -0.1) is 11.3 Å². The fourth-order valence-corrected chi connectivity index (χ4v) is 3.44. The van der Waals surface area contributed by atoms with Gasteiger partial charge in [0.05, 0.1) is 17.8 Å². The zero-order chi connectivity index (χ0) is 15.4. The Morgan fingerprint density at radius 2 is 2.14 bits per heavy atom. The van der Waals surface area contributed by atoms with Crippen molar-refractivity contribution in [1.29, 1.82) is 0 Å². The Hall–Kier alpha value is -0.980. The van der Waals surface area contributed by atoms with E-state index >= 15 is 0 Å². The Kier molecular flexibility index (Phi) is 5.44. The maximum Gasteiger partial charge on any atom is 0.349 e. The van der Waals surface area contributed by atoms with Gasteiger partial charge in [-0.25, -0.2) is 9.78 Å². The van der Waals surface area contributed by atoms with E-state index in [1.54, 1.807) is 6.20 Å². The molecule has 1 aliphatic heterocycles. The average Bonchev–Trinajstić information content (AvgIpc) is 3.22. The van der Waals surface area contributed by atoms with Gasteiger partial charge in [0.15, 0.2) is 0 Å². The van der Waals surface area contributed by atoms with Crippen LogP contribution in [0.1, 0.15) is 33.9 Å².